The molecule has 0 aromatic heterocycles. The first-order valence-electron chi connectivity index (χ1n) is 12.9. The van der Waals surface area contributed by atoms with Gasteiger partial charge in [-0.05, 0) is 56.7 Å². The van der Waals surface area contributed by atoms with Crippen molar-refractivity contribution in [2.45, 2.75) is 80.9 Å². The minimum Gasteiger partial charge on any atom is -0.321 e. The molecule has 9 nitrogen and oxygen atoms in total. The van der Waals surface area contributed by atoms with Gasteiger partial charge in [0.1, 0.15) is 28.9 Å². The van der Waals surface area contributed by atoms with Crippen LogP contribution in [-0.4, -0.2) is 108 Å². The van der Waals surface area contributed by atoms with Gasteiger partial charge in [0.2, 0.25) is 17.7 Å². The number of carbonyl (C=O) groups excluding carboxylic acids is 3. The molecule has 6 aliphatic rings. The Balaban J connectivity index is 0.000000136. The molecule has 11 unspecified atom stereocenters. The lowest BCUT2D eigenvalue weighted by Gasteiger charge is -2.53. The predicted octanol–water partition coefficient (Wildman–Crippen LogP) is 1.12. The van der Waals surface area contributed by atoms with Crippen LogP contribution in [0.15, 0.2) is 34.4 Å². The molecule has 4 fully saturated rings. The van der Waals surface area contributed by atoms with Crippen LogP contribution in [0.2, 0.25) is 0 Å². The van der Waals surface area contributed by atoms with Crippen molar-refractivity contribution >= 4 is 66.8 Å². The summed E-state index contributed by atoms with van der Waals surface area (Å²) >= 11 is 0. The molecule has 0 aromatic carbocycles. The van der Waals surface area contributed by atoms with E-state index in [4.69, 9.17) is 17.2 Å². The van der Waals surface area contributed by atoms with E-state index < -0.39 is 0 Å². The maximum atomic E-state index is 11.4. The lowest BCUT2D eigenvalue weighted by atomic mass is 10.0. The van der Waals surface area contributed by atoms with E-state index in [0.29, 0.717) is 0 Å². The number of rotatable bonds is 0. The van der Waals surface area contributed by atoms with E-state index in [2.05, 4.69) is 36.5 Å². The van der Waals surface area contributed by atoms with Gasteiger partial charge in [0.25, 0.3) is 0 Å². The number of hydrogen-bond donors (Lipinski definition) is 3. The van der Waals surface area contributed by atoms with Crippen LogP contribution in [0.3, 0.4) is 0 Å². The van der Waals surface area contributed by atoms with Gasteiger partial charge in [-0.2, -0.15) is 21.0 Å². The number of β-lactam (4-membered cyclic amide) rings is 3. The van der Waals surface area contributed by atoms with Crippen molar-refractivity contribution in [1.82, 2.24) is 14.7 Å². The first kappa shape index (κ1) is 30.1. The summed E-state index contributed by atoms with van der Waals surface area (Å²) in [5, 5.41) is 2.66. The van der Waals surface area contributed by atoms with Crippen molar-refractivity contribution in [3.05, 3.63) is 34.4 Å². The van der Waals surface area contributed by atoms with Gasteiger partial charge < -0.3 is 31.9 Å². The Morgan fingerprint density at radius 2 is 1.26 bits per heavy atom. The van der Waals surface area contributed by atoms with Crippen LogP contribution in [0, 0.1) is 0 Å². The highest BCUT2D eigenvalue weighted by atomic mass is 32.2. The van der Waals surface area contributed by atoms with E-state index in [1.54, 1.807) is 0 Å². The fraction of sp³-hybridized carbons (Fsp3) is 0.556. The Hall–Kier alpha value is -1.83. The average molecular weight is 595 g/mol. The molecule has 0 saturated carbocycles. The van der Waals surface area contributed by atoms with Gasteiger partial charge in [0, 0.05) is 17.2 Å². The molecule has 6 rings (SSSR count). The number of fused-ring (bicyclic) bond motifs is 3. The molecule has 6 aliphatic heterocycles. The Morgan fingerprint density at radius 1 is 0.769 bits per heavy atom. The molecule has 12 heteroatoms. The zero-order valence-corrected chi connectivity index (χ0v) is 25.9. The number of nitrogens with two attached hydrogens (primary N) is 3. The van der Waals surface area contributed by atoms with Gasteiger partial charge in [-0.1, -0.05) is 24.2 Å². The number of hydrogen-bond acceptors (Lipinski definition) is 6. The van der Waals surface area contributed by atoms with Crippen LogP contribution in [0.5, 0.6) is 0 Å². The summed E-state index contributed by atoms with van der Waals surface area (Å²) < 4.78 is 0. The summed E-state index contributed by atoms with van der Waals surface area (Å²) in [5.74, 6) is 14.2. The molecular formula is C27H42N6O3S3. The predicted molar refractivity (Wildman–Crippen MR) is 170 cm³/mol. The molecule has 39 heavy (non-hydrogen) atoms. The summed E-state index contributed by atoms with van der Waals surface area (Å²) in [6, 6.07) is -0.557. The molecule has 0 radical (unpaired) electrons. The first-order valence-corrected chi connectivity index (χ1v) is 17.7. The zero-order chi connectivity index (χ0) is 29.2. The molecule has 6 N–H and O–H groups in total. The maximum absolute atomic E-state index is 11.4. The largest absolute Gasteiger partial charge is 0.321 e. The van der Waals surface area contributed by atoms with Crippen molar-refractivity contribution < 1.29 is 14.4 Å². The topological polar surface area (TPSA) is 139 Å². The van der Waals surface area contributed by atoms with Crippen LogP contribution in [0.1, 0.15) is 34.6 Å². The van der Waals surface area contributed by atoms with Gasteiger partial charge in [-0.25, -0.2) is 0 Å². The summed E-state index contributed by atoms with van der Waals surface area (Å²) in [6.45, 7) is 14.1. The number of amides is 3. The second-order valence-electron chi connectivity index (χ2n) is 11.0. The lowest BCUT2D eigenvalue weighted by molar-refractivity contribution is -0.147. The third kappa shape index (κ3) is 4.76. The van der Waals surface area contributed by atoms with Gasteiger partial charge >= 0.3 is 0 Å². The summed E-state index contributed by atoms with van der Waals surface area (Å²) in [6.07, 6.45) is 0. The Kier molecular flexibility index (Phi) is 8.40. The van der Waals surface area contributed by atoms with E-state index >= 15 is 0 Å². The summed E-state index contributed by atoms with van der Waals surface area (Å²) in [4.78, 5) is 39.9. The molecule has 0 bridgehead atoms. The molecule has 0 spiro atoms. The van der Waals surface area contributed by atoms with Crippen molar-refractivity contribution in [3.63, 3.8) is 0 Å². The second kappa shape index (κ2) is 10.9. The molecule has 0 aliphatic carbocycles. The third-order valence-electron chi connectivity index (χ3n) is 8.49. The quantitative estimate of drug-likeness (QED) is 0.218. The highest BCUT2D eigenvalue weighted by Crippen LogP contribution is 2.43. The van der Waals surface area contributed by atoms with Gasteiger partial charge in [0.05, 0.1) is 17.5 Å². The van der Waals surface area contributed by atoms with Crippen molar-refractivity contribution in [1.29, 1.82) is 0 Å². The van der Waals surface area contributed by atoms with Gasteiger partial charge in [-0.3, -0.25) is 14.4 Å². The Labute approximate surface area is 239 Å². The van der Waals surface area contributed by atoms with Crippen molar-refractivity contribution in [2.24, 2.45) is 17.2 Å². The van der Waals surface area contributed by atoms with E-state index in [0.717, 1.165) is 22.8 Å². The molecule has 3 amide bonds. The van der Waals surface area contributed by atoms with Crippen LogP contribution < -0.4 is 17.2 Å². The van der Waals surface area contributed by atoms with Gasteiger partial charge in [0.15, 0.2) is 0 Å². The lowest BCUT2D eigenvalue weighted by Crippen LogP contribution is -2.71. The maximum Gasteiger partial charge on any atom is 0.247 e. The zero-order valence-electron chi connectivity index (χ0n) is 23.5. The SMILES string of the molecule is C=C1CS(=C)C2C(N)C(=O)N2C1C.C=S1C=C(C)C(C)N2C(=O)C(N)C21.C=S1CC(C)=C(C)N2C(=O)C(N)C21. The molecule has 4 saturated heterocycles. The molecule has 11 atom stereocenters. The first-order chi connectivity index (χ1) is 18.1. The second-order valence-corrected chi connectivity index (χ2v) is 16.4. The summed E-state index contributed by atoms with van der Waals surface area (Å²) in [7, 11) is -0.169. The normalized spacial score (nSPS) is 42.3. The van der Waals surface area contributed by atoms with E-state index in [9.17, 15) is 14.4 Å². The molecule has 0 aromatic rings. The fourth-order valence-corrected chi connectivity index (χ4v) is 11.6. The number of nitrogens with zero attached hydrogens (tertiary/aromatic N) is 3. The number of allylic oxidation sites excluding steroid dienone is 1. The van der Waals surface area contributed by atoms with Gasteiger partial charge in [-0.15, -0.1) is 10.5 Å². The molecule has 6 heterocycles. The highest BCUT2D eigenvalue weighted by molar-refractivity contribution is 8.17. The average Bonchev–Trinajstić information content (AvgIpc) is 2.88. The minimum absolute atomic E-state index is 0.00759. The summed E-state index contributed by atoms with van der Waals surface area (Å²) in [5.41, 5.74) is 21.9. The highest BCUT2D eigenvalue weighted by Gasteiger charge is 2.52. The fourth-order valence-electron chi connectivity index (χ4n) is 5.69. The monoisotopic (exact) mass is 594 g/mol. The third-order valence-corrected chi connectivity index (χ3v) is 14.2. The van der Waals surface area contributed by atoms with Crippen LogP contribution >= 0.6 is 31.5 Å². The molecular weight excluding hydrogens is 553 g/mol. The Morgan fingerprint density at radius 3 is 1.85 bits per heavy atom. The molecule has 216 valence electrons. The van der Waals surface area contributed by atoms with Crippen molar-refractivity contribution in [3.8, 4) is 0 Å². The smallest absolute Gasteiger partial charge is 0.247 e. The van der Waals surface area contributed by atoms with Crippen LogP contribution in [0.25, 0.3) is 0 Å². The van der Waals surface area contributed by atoms with E-state index in [1.165, 1.54) is 11.1 Å². The van der Waals surface area contributed by atoms with Crippen LogP contribution in [-0.2, 0) is 14.4 Å². The van der Waals surface area contributed by atoms with E-state index in [-0.39, 0.29) is 95.5 Å². The standard InChI is InChI=1S/3C9H14N2OS/c3*1-5-4-13(3)9-7(10)8(12)11(9)6(5)2/h7,9H,3-4,10H2,1-2H3;4,6-7,9H,3,10H2,1-2H3;6-7,9H,1,3-4,10H2,2H3. The van der Waals surface area contributed by atoms with E-state index in [1.807, 2.05) is 42.4 Å². The van der Waals surface area contributed by atoms with Crippen molar-refractivity contribution in [2.75, 3.05) is 11.5 Å². The Bertz CT molecular complexity index is 1270. The number of carbonyl (C=O) groups is 3. The minimum atomic E-state index is -0.312. The van der Waals surface area contributed by atoms with Crippen LogP contribution in [0.4, 0.5) is 0 Å².